The highest BCUT2D eigenvalue weighted by Gasteiger charge is 2.09. The molecule has 1 heterocycles. The average Bonchev–Trinajstić information content (AvgIpc) is 1.64. The van der Waals surface area contributed by atoms with Gasteiger partial charge >= 0.3 is 0 Å². The molecule has 8 heavy (non-hydrogen) atoms. The van der Waals surface area contributed by atoms with E-state index in [0.717, 1.165) is 12.8 Å². The van der Waals surface area contributed by atoms with Gasteiger partial charge < -0.3 is 4.74 Å². The van der Waals surface area contributed by atoms with E-state index in [0.29, 0.717) is 0 Å². The van der Waals surface area contributed by atoms with Gasteiger partial charge in [0.05, 0.1) is 6.10 Å². The Labute approximate surface area is 48.1 Å². The fourth-order valence-corrected chi connectivity index (χ4v) is 0.731. The van der Waals surface area contributed by atoms with Crippen LogP contribution in [0, 0.1) is 0 Å². The summed E-state index contributed by atoms with van der Waals surface area (Å²) < 4.78 is 16.8. The Bertz CT molecular complexity index is 109. The first-order chi connectivity index (χ1) is 3.79. The molecule has 0 aromatic rings. The smallest absolute Gasteiger partial charge is 0.268 e. The standard InChI is InChI=1S/C6H9FO/c1-5-3-2-4-6(7)8-5/h4-5H,2-3H2,1H3. The number of hydrogen-bond donors (Lipinski definition) is 0. The van der Waals surface area contributed by atoms with Crippen molar-refractivity contribution in [2.75, 3.05) is 0 Å². The Morgan fingerprint density at radius 1 is 1.88 bits per heavy atom. The van der Waals surface area contributed by atoms with Gasteiger partial charge in [-0.25, -0.2) is 0 Å². The molecule has 1 aliphatic rings. The summed E-state index contributed by atoms with van der Waals surface area (Å²) in [5.41, 5.74) is 0. The van der Waals surface area contributed by atoms with Gasteiger partial charge in [-0.1, -0.05) is 0 Å². The molecule has 0 spiro atoms. The summed E-state index contributed by atoms with van der Waals surface area (Å²) in [6.07, 6.45) is 3.29. The van der Waals surface area contributed by atoms with Crippen LogP contribution in [0.2, 0.25) is 0 Å². The van der Waals surface area contributed by atoms with E-state index in [1.54, 1.807) is 0 Å². The van der Waals surface area contributed by atoms with Crippen LogP contribution in [-0.2, 0) is 4.74 Å². The highest BCUT2D eigenvalue weighted by molar-refractivity contribution is 4.87. The summed E-state index contributed by atoms with van der Waals surface area (Å²) >= 11 is 0. The lowest BCUT2D eigenvalue weighted by atomic mass is 10.2. The van der Waals surface area contributed by atoms with Crippen LogP contribution < -0.4 is 0 Å². The molecule has 2 heteroatoms. The molecule has 1 atom stereocenters. The lowest BCUT2D eigenvalue weighted by Gasteiger charge is -2.15. The number of hydrogen-bond acceptors (Lipinski definition) is 1. The van der Waals surface area contributed by atoms with Gasteiger partial charge in [0, 0.05) is 0 Å². The summed E-state index contributed by atoms with van der Waals surface area (Å²) in [6, 6.07) is -0.413. The van der Waals surface area contributed by atoms with Crippen LogP contribution in [0.4, 0.5) is 4.39 Å². The van der Waals surface area contributed by atoms with Gasteiger partial charge in [-0.2, -0.15) is 4.39 Å². The van der Waals surface area contributed by atoms with Crippen LogP contribution in [0.25, 0.3) is 0 Å². The van der Waals surface area contributed by atoms with Crippen molar-refractivity contribution < 1.29 is 9.13 Å². The van der Waals surface area contributed by atoms with E-state index in [4.69, 9.17) is 0 Å². The highest BCUT2D eigenvalue weighted by atomic mass is 19.1. The summed E-state index contributed by atoms with van der Waals surface area (Å²) in [5.74, 6) is 0. The summed E-state index contributed by atoms with van der Waals surface area (Å²) in [7, 11) is 0. The van der Waals surface area contributed by atoms with Crippen molar-refractivity contribution >= 4 is 0 Å². The maximum atomic E-state index is 12.1. The minimum absolute atomic E-state index is 0.0694. The summed E-state index contributed by atoms with van der Waals surface area (Å²) in [5, 5.41) is 0. The molecule has 0 saturated heterocycles. The third-order valence-electron chi connectivity index (χ3n) is 1.19. The van der Waals surface area contributed by atoms with Crippen molar-refractivity contribution in [2.24, 2.45) is 0 Å². The van der Waals surface area contributed by atoms with Gasteiger partial charge in [0.1, 0.15) is 0 Å². The zero-order valence-corrected chi connectivity index (χ0v) is 4.86. The van der Waals surface area contributed by atoms with Crippen LogP contribution >= 0.6 is 0 Å². The van der Waals surface area contributed by atoms with Crippen molar-refractivity contribution in [1.82, 2.24) is 0 Å². The Morgan fingerprint density at radius 3 is 3.00 bits per heavy atom. The second-order valence-electron chi connectivity index (χ2n) is 2.01. The number of rotatable bonds is 0. The molecule has 0 aliphatic carbocycles. The number of allylic oxidation sites excluding steroid dienone is 1. The van der Waals surface area contributed by atoms with E-state index in [1.165, 1.54) is 6.08 Å². The van der Waals surface area contributed by atoms with Gasteiger partial charge in [-0.3, -0.25) is 0 Å². The van der Waals surface area contributed by atoms with E-state index in [2.05, 4.69) is 4.74 Å². The van der Waals surface area contributed by atoms with E-state index in [9.17, 15) is 4.39 Å². The van der Waals surface area contributed by atoms with Crippen LogP contribution in [-0.4, -0.2) is 6.10 Å². The fourth-order valence-electron chi connectivity index (χ4n) is 0.731. The molecule has 0 fully saturated rings. The van der Waals surface area contributed by atoms with Gasteiger partial charge in [0.25, 0.3) is 6.01 Å². The highest BCUT2D eigenvalue weighted by Crippen LogP contribution is 2.16. The molecule has 1 unspecified atom stereocenters. The molecule has 1 rings (SSSR count). The molecule has 0 saturated carbocycles. The van der Waals surface area contributed by atoms with Gasteiger partial charge in [-0.15, -0.1) is 0 Å². The molecule has 46 valence electrons. The molecule has 0 N–H and O–H groups in total. The first kappa shape index (κ1) is 5.60. The Hall–Kier alpha value is -0.530. The van der Waals surface area contributed by atoms with E-state index in [1.807, 2.05) is 6.92 Å². The number of ether oxygens (including phenoxy) is 1. The molecule has 1 aliphatic heterocycles. The lowest BCUT2D eigenvalue weighted by molar-refractivity contribution is 0.0624. The lowest BCUT2D eigenvalue weighted by Crippen LogP contribution is -2.09. The van der Waals surface area contributed by atoms with Crippen LogP contribution in [0.5, 0.6) is 0 Å². The molecule has 0 radical (unpaired) electrons. The minimum Gasteiger partial charge on any atom is -0.468 e. The molecule has 0 aromatic carbocycles. The molecular formula is C6H9FO. The third-order valence-corrected chi connectivity index (χ3v) is 1.19. The van der Waals surface area contributed by atoms with Crippen molar-refractivity contribution in [3.05, 3.63) is 12.1 Å². The Morgan fingerprint density at radius 2 is 2.62 bits per heavy atom. The van der Waals surface area contributed by atoms with Crippen LogP contribution in [0.15, 0.2) is 12.1 Å². The van der Waals surface area contributed by atoms with Crippen LogP contribution in [0.3, 0.4) is 0 Å². The monoisotopic (exact) mass is 116 g/mol. The SMILES string of the molecule is CC1CCC=C(F)O1. The quantitative estimate of drug-likeness (QED) is 0.470. The topological polar surface area (TPSA) is 9.23 Å². The van der Waals surface area contributed by atoms with Gasteiger partial charge in [0.2, 0.25) is 0 Å². The number of halogens is 1. The maximum absolute atomic E-state index is 12.1. The molecule has 0 aromatic heterocycles. The molecule has 0 bridgehead atoms. The molecule has 1 nitrogen and oxygen atoms in total. The summed E-state index contributed by atoms with van der Waals surface area (Å²) in [4.78, 5) is 0. The zero-order valence-electron chi connectivity index (χ0n) is 4.86. The Kier molecular flexibility index (Phi) is 1.51. The van der Waals surface area contributed by atoms with Crippen molar-refractivity contribution in [3.63, 3.8) is 0 Å². The van der Waals surface area contributed by atoms with E-state index in [-0.39, 0.29) is 6.10 Å². The Balaban J connectivity index is 2.45. The third kappa shape index (κ3) is 1.22. The van der Waals surface area contributed by atoms with Crippen LogP contribution in [0.1, 0.15) is 19.8 Å². The fraction of sp³-hybridized carbons (Fsp3) is 0.667. The first-order valence-corrected chi connectivity index (χ1v) is 2.81. The average molecular weight is 116 g/mol. The largest absolute Gasteiger partial charge is 0.468 e. The second kappa shape index (κ2) is 2.16. The first-order valence-electron chi connectivity index (χ1n) is 2.81. The summed E-state index contributed by atoms with van der Waals surface area (Å²) in [6.45, 7) is 1.87. The van der Waals surface area contributed by atoms with E-state index < -0.39 is 6.01 Å². The van der Waals surface area contributed by atoms with Crippen molar-refractivity contribution in [3.8, 4) is 0 Å². The van der Waals surface area contributed by atoms with Gasteiger partial charge in [-0.05, 0) is 25.8 Å². The zero-order chi connectivity index (χ0) is 5.98. The molecular weight excluding hydrogens is 107 g/mol. The normalized spacial score (nSPS) is 28.8. The predicted molar refractivity (Wildman–Crippen MR) is 29.0 cm³/mol. The van der Waals surface area contributed by atoms with Crippen molar-refractivity contribution in [2.45, 2.75) is 25.9 Å². The maximum Gasteiger partial charge on any atom is 0.268 e. The van der Waals surface area contributed by atoms with E-state index >= 15 is 0 Å². The predicted octanol–water partition coefficient (Wildman–Crippen LogP) is 2.00. The minimum atomic E-state index is -0.413. The van der Waals surface area contributed by atoms with Gasteiger partial charge in [0.15, 0.2) is 0 Å². The van der Waals surface area contributed by atoms with Crippen molar-refractivity contribution in [1.29, 1.82) is 0 Å². The second-order valence-corrected chi connectivity index (χ2v) is 2.01. The molecule has 0 amide bonds.